The van der Waals surface area contributed by atoms with Gasteiger partial charge in [-0.25, -0.2) is 0 Å². The van der Waals surface area contributed by atoms with Crippen LogP contribution in [0.2, 0.25) is 5.02 Å². The fourth-order valence-electron chi connectivity index (χ4n) is 1.32. The smallest absolute Gasteiger partial charge is 0.252 e. The zero-order valence-electron chi connectivity index (χ0n) is 11.2. The van der Waals surface area contributed by atoms with Crippen LogP contribution in [0.3, 0.4) is 0 Å². The summed E-state index contributed by atoms with van der Waals surface area (Å²) in [6.45, 7) is 8.00. The van der Waals surface area contributed by atoms with Crippen LogP contribution < -0.4 is 5.56 Å². The molecule has 1 aromatic carbocycles. The molecule has 0 aliphatic rings. The number of aromatic amines is 1. The van der Waals surface area contributed by atoms with Crippen molar-refractivity contribution >= 4 is 38.4 Å². The Balaban J connectivity index is 0.000000659. The number of pyridine rings is 1. The van der Waals surface area contributed by atoms with Crippen LogP contribution in [0.4, 0.5) is 0 Å². The van der Waals surface area contributed by atoms with Gasteiger partial charge >= 0.3 is 0 Å². The number of hydrogen-bond donors (Lipinski definition) is 1. The summed E-state index contributed by atoms with van der Waals surface area (Å²) in [4.78, 5) is 14.2. The van der Waals surface area contributed by atoms with E-state index in [-0.39, 0.29) is 5.56 Å². The average molecular weight is 333 g/mol. The maximum absolute atomic E-state index is 11.4. The van der Waals surface area contributed by atoms with Gasteiger partial charge in [0, 0.05) is 21.4 Å². The van der Waals surface area contributed by atoms with Gasteiger partial charge in [0.25, 0.3) is 5.56 Å². The van der Waals surface area contributed by atoms with E-state index in [4.69, 9.17) is 11.6 Å². The van der Waals surface area contributed by atoms with E-state index < -0.39 is 0 Å². The second-order valence-electron chi connectivity index (χ2n) is 2.99. The van der Waals surface area contributed by atoms with Crippen LogP contribution in [-0.2, 0) is 5.33 Å². The maximum atomic E-state index is 11.4. The third kappa shape index (κ3) is 4.46. The van der Waals surface area contributed by atoms with Crippen LogP contribution >= 0.6 is 27.5 Å². The van der Waals surface area contributed by atoms with Crippen LogP contribution in [0.25, 0.3) is 10.9 Å². The molecule has 0 bridgehead atoms. The highest BCUT2D eigenvalue weighted by Gasteiger charge is 2.01. The topological polar surface area (TPSA) is 32.9 Å². The molecule has 0 fully saturated rings. The van der Waals surface area contributed by atoms with Gasteiger partial charge in [-0.2, -0.15) is 0 Å². The van der Waals surface area contributed by atoms with Crippen molar-refractivity contribution in [3.05, 3.63) is 45.2 Å². The predicted octanol–water partition coefficient (Wildman–Crippen LogP) is 5.13. The van der Waals surface area contributed by atoms with Crippen molar-refractivity contribution in [3.8, 4) is 0 Å². The lowest BCUT2D eigenvalue weighted by Crippen LogP contribution is -2.10. The summed E-state index contributed by atoms with van der Waals surface area (Å²) in [5, 5.41) is 2.17. The maximum Gasteiger partial charge on any atom is 0.252 e. The van der Waals surface area contributed by atoms with Gasteiger partial charge in [-0.1, -0.05) is 61.3 Å². The molecule has 4 heteroatoms. The first-order chi connectivity index (χ1) is 8.70. The van der Waals surface area contributed by atoms with Crippen molar-refractivity contribution in [3.63, 3.8) is 0 Å². The standard InChI is InChI=1S/C10H7BrClNO.2C2H6/c11-5-7-3-6-1-2-8(12)4-9(6)13-10(7)14;2*1-2/h1-4H,5H2,(H,13,14);2*1-2H3. The van der Waals surface area contributed by atoms with Crippen molar-refractivity contribution in [2.24, 2.45) is 0 Å². The van der Waals surface area contributed by atoms with Crippen molar-refractivity contribution in [2.75, 3.05) is 0 Å². The Labute approximate surface area is 122 Å². The zero-order valence-corrected chi connectivity index (χ0v) is 13.5. The molecule has 0 atom stereocenters. The van der Waals surface area contributed by atoms with E-state index in [1.54, 1.807) is 12.1 Å². The quantitative estimate of drug-likeness (QED) is 0.722. The number of aromatic nitrogens is 1. The molecule has 18 heavy (non-hydrogen) atoms. The fourth-order valence-corrected chi connectivity index (χ4v) is 1.91. The van der Waals surface area contributed by atoms with Crippen molar-refractivity contribution in [2.45, 2.75) is 33.0 Å². The molecule has 1 heterocycles. The lowest BCUT2D eigenvalue weighted by atomic mass is 10.2. The van der Waals surface area contributed by atoms with Crippen molar-refractivity contribution < 1.29 is 0 Å². The molecule has 0 aliphatic carbocycles. The molecule has 100 valence electrons. The number of fused-ring (bicyclic) bond motifs is 1. The van der Waals surface area contributed by atoms with E-state index in [9.17, 15) is 4.79 Å². The molecule has 0 aliphatic heterocycles. The first-order valence-corrected chi connectivity index (χ1v) is 7.58. The number of halogens is 2. The predicted molar refractivity (Wildman–Crippen MR) is 84.9 cm³/mol. The van der Waals surface area contributed by atoms with Gasteiger partial charge in [-0.15, -0.1) is 0 Å². The van der Waals surface area contributed by atoms with Gasteiger partial charge in [-0.05, 0) is 23.6 Å². The van der Waals surface area contributed by atoms with Crippen molar-refractivity contribution in [1.29, 1.82) is 0 Å². The number of H-pyrrole nitrogens is 1. The lowest BCUT2D eigenvalue weighted by molar-refractivity contribution is 1.22. The van der Waals surface area contributed by atoms with Crippen LogP contribution in [0.5, 0.6) is 0 Å². The highest BCUT2D eigenvalue weighted by atomic mass is 79.9. The molecule has 0 radical (unpaired) electrons. The summed E-state index contributed by atoms with van der Waals surface area (Å²) in [5.74, 6) is 0. The molecule has 2 nitrogen and oxygen atoms in total. The minimum Gasteiger partial charge on any atom is -0.322 e. The van der Waals surface area contributed by atoms with Crippen LogP contribution in [0.15, 0.2) is 29.1 Å². The number of nitrogens with one attached hydrogen (secondary N) is 1. The molecule has 0 saturated carbocycles. The zero-order chi connectivity index (χ0) is 14.1. The van der Waals surface area contributed by atoms with Gasteiger partial charge in [0.05, 0.1) is 0 Å². The highest BCUT2D eigenvalue weighted by molar-refractivity contribution is 9.08. The average Bonchev–Trinajstić information content (AvgIpc) is 2.42. The third-order valence-corrected chi connectivity index (χ3v) is 2.87. The van der Waals surface area contributed by atoms with E-state index in [2.05, 4.69) is 20.9 Å². The minimum absolute atomic E-state index is 0.0726. The molecule has 2 aromatic rings. The van der Waals surface area contributed by atoms with E-state index in [1.807, 2.05) is 39.8 Å². The summed E-state index contributed by atoms with van der Waals surface area (Å²) in [5.41, 5.74) is 1.42. The van der Waals surface area contributed by atoms with Gasteiger partial charge in [-0.3, -0.25) is 4.79 Å². The van der Waals surface area contributed by atoms with Crippen LogP contribution in [0, 0.1) is 0 Å². The van der Waals surface area contributed by atoms with Crippen molar-refractivity contribution in [1.82, 2.24) is 4.98 Å². The highest BCUT2D eigenvalue weighted by Crippen LogP contribution is 2.17. The summed E-state index contributed by atoms with van der Waals surface area (Å²) >= 11 is 9.08. The van der Waals surface area contributed by atoms with Crippen LogP contribution in [0.1, 0.15) is 33.3 Å². The first kappa shape index (κ1) is 17.2. The summed E-state index contributed by atoms with van der Waals surface area (Å²) in [6.07, 6.45) is 0. The Morgan fingerprint density at radius 2 is 1.78 bits per heavy atom. The Kier molecular flexibility index (Phi) is 8.77. The molecule has 0 spiro atoms. The summed E-state index contributed by atoms with van der Waals surface area (Å²) < 4.78 is 0. The Morgan fingerprint density at radius 3 is 2.33 bits per heavy atom. The van der Waals surface area contributed by atoms with E-state index in [1.165, 1.54) is 0 Å². The normalized spacial score (nSPS) is 9.00. The first-order valence-electron chi connectivity index (χ1n) is 6.08. The number of alkyl halides is 1. The van der Waals surface area contributed by atoms with Gasteiger partial charge < -0.3 is 4.98 Å². The van der Waals surface area contributed by atoms with E-state index in [0.29, 0.717) is 10.4 Å². The molecule has 1 aromatic heterocycles. The Hall–Kier alpha value is -0.800. The minimum atomic E-state index is -0.0726. The molecular weight excluding hydrogens is 314 g/mol. The molecule has 0 unspecified atom stereocenters. The molecule has 2 rings (SSSR count). The monoisotopic (exact) mass is 331 g/mol. The Bertz CT molecular complexity index is 537. The van der Waals surface area contributed by atoms with Gasteiger partial charge in [0.15, 0.2) is 0 Å². The molecular formula is C14H19BrClNO. The summed E-state index contributed by atoms with van der Waals surface area (Å²) in [7, 11) is 0. The largest absolute Gasteiger partial charge is 0.322 e. The van der Waals surface area contributed by atoms with Crippen LogP contribution in [-0.4, -0.2) is 4.98 Å². The second kappa shape index (κ2) is 9.17. The number of hydrogen-bond acceptors (Lipinski definition) is 1. The Morgan fingerprint density at radius 1 is 1.17 bits per heavy atom. The molecule has 0 saturated heterocycles. The van der Waals surface area contributed by atoms with Gasteiger partial charge in [0.1, 0.15) is 0 Å². The number of rotatable bonds is 1. The SMILES string of the molecule is CC.CC.O=c1[nH]c2cc(Cl)ccc2cc1CBr. The summed E-state index contributed by atoms with van der Waals surface area (Å²) in [6, 6.07) is 7.30. The van der Waals surface area contributed by atoms with E-state index >= 15 is 0 Å². The molecule has 1 N–H and O–H groups in total. The third-order valence-electron chi connectivity index (χ3n) is 2.03. The fraction of sp³-hybridized carbons (Fsp3) is 0.357. The second-order valence-corrected chi connectivity index (χ2v) is 3.99. The lowest BCUT2D eigenvalue weighted by Gasteiger charge is -2.00. The van der Waals surface area contributed by atoms with Gasteiger partial charge in [0.2, 0.25) is 0 Å². The van der Waals surface area contributed by atoms with E-state index in [0.717, 1.165) is 16.5 Å². The molecule has 0 amide bonds. The number of benzene rings is 1.